The monoisotopic (exact) mass is 425 g/mol. The van der Waals surface area contributed by atoms with Crippen molar-refractivity contribution in [2.45, 2.75) is 17.6 Å². The predicted octanol–water partition coefficient (Wildman–Crippen LogP) is -0.728. The molecule has 0 radical (unpaired) electrons. The van der Waals surface area contributed by atoms with Crippen LogP contribution in [0.3, 0.4) is 0 Å². The lowest BCUT2D eigenvalue weighted by molar-refractivity contribution is -0.283. The van der Waals surface area contributed by atoms with E-state index in [1.54, 1.807) is 13.0 Å². The number of carboxylic acid groups (broad SMARTS) is 1. The number of nitrogens with one attached hydrogen (secondary N) is 1. The molecule has 1 aliphatic rings. The average Bonchev–Trinajstić information content (AvgIpc) is 2.66. The maximum atomic E-state index is 12.9. The minimum atomic E-state index is -3.57. The Bertz CT molecular complexity index is 1300. The average molecular weight is 425 g/mol. The normalized spacial score (nSPS) is 13.2. The molecule has 1 amide bonds. The summed E-state index contributed by atoms with van der Waals surface area (Å²) < 4.78 is 25.8. The molecule has 0 aliphatic carbocycles. The van der Waals surface area contributed by atoms with E-state index in [2.05, 4.69) is 5.32 Å². The van der Waals surface area contributed by atoms with Crippen molar-refractivity contribution >= 4 is 38.9 Å². The first-order chi connectivity index (χ1) is 14.2. The van der Waals surface area contributed by atoms with Crippen LogP contribution in [0.15, 0.2) is 53.4 Å². The van der Waals surface area contributed by atoms with Crippen molar-refractivity contribution in [2.75, 3.05) is 0 Å². The molecule has 9 heteroatoms. The van der Waals surface area contributed by atoms with Crippen LogP contribution in [0.25, 0.3) is 21.9 Å². The molecule has 0 saturated heterocycles. The Morgan fingerprint density at radius 2 is 1.87 bits per heavy atom. The molecule has 0 bridgehead atoms. The van der Waals surface area contributed by atoms with Gasteiger partial charge in [0.05, 0.1) is 16.2 Å². The Balaban J connectivity index is 0.000000806. The van der Waals surface area contributed by atoms with Crippen LogP contribution in [0.1, 0.15) is 21.5 Å². The van der Waals surface area contributed by atoms with Crippen molar-refractivity contribution in [3.8, 4) is 11.1 Å². The van der Waals surface area contributed by atoms with Gasteiger partial charge in [-0.2, -0.15) is 0 Å². The fourth-order valence-corrected chi connectivity index (χ4v) is 5.22. The molecule has 8 nitrogen and oxygen atoms in total. The van der Waals surface area contributed by atoms with Crippen molar-refractivity contribution in [1.29, 1.82) is 0 Å². The van der Waals surface area contributed by atoms with Gasteiger partial charge in [-0.1, -0.05) is 36.4 Å². The number of carbonyl (C=O) groups excluding carboxylic acids is 2. The van der Waals surface area contributed by atoms with Crippen LogP contribution in [-0.4, -0.2) is 26.8 Å². The van der Waals surface area contributed by atoms with E-state index >= 15 is 0 Å². The second-order valence-corrected chi connectivity index (χ2v) is 8.71. The highest BCUT2D eigenvalue weighted by Gasteiger charge is 2.31. The van der Waals surface area contributed by atoms with Gasteiger partial charge in [0, 0.05) is 12.0 Å². The number of aryl methyl sites for hydroxylation is 1. The molecule has 0 fully saturated rings. The number of sulfone groups is 1. The maximum absolute atomic E-state index is 12.9. The van der Waals surface area contributed by atoms with Gasteiger partial charge < -0.3 is 9.90 Å². The molecule has 4 rings (SSSR count). The summed E-state index contributed by atoms with van der Waals surface area (Å²) in [6.07, 6.45) is 0. The van der Waals surface area contributed by atoms with Gasteiger partial charge >= 0.3 is 11.9 Å². The second-order valence-electron chi connectivity index (χ2n) is 6.75. The number of amides is 1. The van der Waals surface area contributed by atoms with Gasteiger partial charge in [-0.15, -0.1) is 0 Å². The lowest BCUT2D eigenvalue weighted by Gasteiger charge is -2.23. The molecule has 154 valence electrons. The molecule has 0 saturated carbocycles. The summed E-state index contributed by atoms with van der Waals surface area (Å²) in [5, 5.41) is 17.9. The molecule has 30 heavy (non-hydrogen) atoms. The van der Waals surface area contributed by atoms with E-state index in [0.717, 1.165) is 21.9 Å². The molecule has 0 atom stereocenters. The van der Waals surface area contributed by atoms with Crippen LogP contribution in [0.4, 0.5) is 0 Å². The molecule has 1 aliphatic heterocycles. The number of fused-ring (bicyclic) bond motifs is 5. The number of carbonyl (C=O) groups is 2. The SMILES string of the molecule is Cc1cc2c(cc1C(=O)NC(N)=[NH2+])S(=O)(=O)Cc1ccc3ccccc3c1-2.O=C[O-]. The highest BCUT2D eigenvalue weighted by Crippen LogP contribution is 2.43. The molecule has 0 aromatic heterocycles. The number of hydrogen-bond donors (Lipinski definition) is 3. The van der Waals surface area contributed by atoms with Crippen LogP contribution in [0, 0.1) is 6.92 Å². The van der Waals surface area contributed by atoms with Gasteiger partial charge in [-0.25, -0.2) is 13.7 Å². The molecule has 0 spiro atoms. The van der Waals surface area contributed by atoms with E-state index < -0.39 is 22.2 Å². The largest absolute Gasteiger partial charge is 0.554 e. The van der Waals surface area contributed by atoms with Crippen LogP contribution in [-0.2, 0) is 20.4 Å². The predicted molar refractivity (Wildman–Crippen MR) is 110 cm³/mol. The lowest BCUT2D eigenvalue weighted by atomic mass is 9.91. The highest BCUT2D eigenvalue weighted by molar-refractivity contribution is 7.90. The van der Waals surface area contributed by atoms with E-state index in [-0.39, 0.29) is 22.2 Å². The summed E-state index contributed by atoms with van der Waals surface area (Å²) in [5.74, 6) is -0.874. The number of hydrogen-bond acceptors (Lipinski definition) is 5. The molecule has 3 aromatic rings. The van der Waals surface area contributed by atoms with Crippen molar-refractivity contribution in [2.24, 2.45) is 5.73 Å². The van der Waals surface area contributed by atoms with Gasteiger partial charge in [0.1, 0.15) is 0 Å². The van der Waals surface area contributed by atoms with E-state index in [1.165, 1.54) is 6.07 Å². The van der Waals surface area contributed by atoms with E-state index in [1.807, 2.05) is 36.4 Å². The summed E-state index contributed by atoms with van der Waals surface area (Å²) in [4.78, 5) is 20.7. The fraction of sp³-hybridized carbons (Fsp3) is 0.0952. The highest BCUT2D eigenvalue weighted by atomic mass is 32.2. The van der Waals surface area contributed by atoms with Crippen molar-refractivity contribution in [1.82, 2.24) is 5.32 Å². The van der Waals surface area contributed by atoms with Gasteiger partial charge in [0.25, 0.3) is 0 Å². The van der Waals surface area contributed by atoms with Crippen LogP contribution >= 0.6 is 0 Å². The van der Waals surface area contributed by atoms with E-state index in [0.29, 0.717) is 11.1 Å². The summed E-state index contributed by atoms with van der Waals surface area (Å²) in [7, 11) is -3.57. The Morgan fingerprint density at radius 3 is 2.53 bits per heavy atom. The topological polar surface area (TPSA) is 155 Å². The Kier molecular flexibility index (Phi) is 5.57. The Labute approximate surface area is 172 Å². The van der Waals surface area contributed by atoms with Gasteiger partial charge in [-0.05, 0) is 46.5 Å². The van der Waals surface area contributed by atoms with E-state index in [9.17, 15) is 13.2 Å². The molecule has 1 heterocycles. The lowest BCUT2D eigenvalue weighted by Crippen LogP contribution is -2.56. The molecular formula is C21H19N3O5S. The smallest absolute Gasteiger partial charge is 0.346 e. The summed E-state index contributed by atoms with van der Waals surface area (Å²) in [6.45, 7) is 1.26. The number of rotatable bonds is 1. The number of benzene rings is 3. The van der Waals surface area contributed by atoms with Crippen molar-refractivity contribution in [3.63, 3.8) is 0 Å². The Hall–Kier alpha value is -3.72. The van der Waals surface area contributed by atoms with Gasteiger partial charge in [-0.3, -0.25) is 15.9 Å². The van der Waals surface area contributed by atoms with Gasteiger partial charge in [0.2, 0.25) is 0 Å². The minimum absolute atomic E-state index is 0.102. The quantitative estimate of drug-likeness (QED) is 0.265. The zero-order valence-corrected chi connectivity index (χ0v) is 16.8. The maximum Gasteiger partial charge on any atom is 0.346 e. The van der Waals surface area contributed by atoms with Crippen LogP contribution < -0.4 is 21.6 Å². The number of nitrogens with two attached hydrogens (primary N) is 2. The molecule has 3 aromatic carbocycles. The summed E-state index contributed by atoms with van der Waals surface area (Å²) >= 11 is 0. The minimum Gasteiger partial charge on any atom is -0.554 e. The molecule has 5 N–H and O–H groups in total. The third kappa shape index (κ3) is 3.74. The molecule has 0 unspecified atom stereocenters. The molecular weight excluding hydrogens is 406 g/mol. The zero-order valence-electron chi connectivity index (χ0n) is 16.0. The van der Waals surface area contributed by atoms with Crippen LogP contribution in [0.2, 0.25) is 0 Å². The van der Waals surface area contributed by atoms with E-state index in [4.69, 9.17) is 21.0 Å². The summed E-state index contributed by atoms with van der Waals surface area (Å²) in [6, 6.07) is 14.8. The number of guanidine groups is 1. The second kappa shape index (κ2) is 7.96. The first-order valence-electron chi connectivity index (χ1n) is 8.83. The Morgan fingerprint density at radius 1 is 1.20 bits per heavy atom. The third-order valence-corrected chi connectivity index (χ3v) is 6.49. The summed E-state index contributed by atoms with van der Waals surface area (Å²) in [5.41, 5.74) is 8.49. The fourth-order valence-electron chi connectivity index (χ4n) is 3.62. The standard InChI is InChI=1S/C20H17N3O3S.CH2O2/c1-11-8-16-17(9-15(11)19(24)23-20(21)22)27(25,26)10-13-7-6-12-4-2-3-5-14(12)18(13)16;2-1-3/h2-9H,10H2,1H3,(H4,21,22,23,24);1H,(H,2,3). The zero-order chi connectivity index (χ0) is 22.1. The van der Waals surface area contributed by atoms with Crippen LogP contribution in [0.5, 0.6) is 0 Å². The van der Waals surface area contributed by atoms with Crippen molar-refractivity contribution < 1.29 is 28.5 Å². The third-order valence-electron chi connectivity index (χ3n) is 4.79. The first kappa shape index (κ1) is 21.0. The first-order valence-corrected chi connectivity index (χ1v) is 10.5. The van der Waals surface area contributed by atoms with Gasteiger partial charge in [0.15, 0.2) is 9.84 Å². The van der Waals surface area contributed by atoms with Crippen molar-refractivity contribution in [3.05, 3.63) is 65.2 Å².